The molecule has 0 spiro atoms. The van der Waals surface area contributed by atoms with Gasteiger partial charge < -0.3 is 10.1 Å². The number of amides is 1. The number of para-hydroxylation sites is 1. The summed E-state index contributed by atoms with van der Waals surface area (Å²) in [5.41, 5.74) is 1.31. The van der Waals surface area contributed by atoms with Crippen LogP contribution in [0.3, 0.4) is 0 Å². The van der Waals surface area contributed by atoms with Crippen LogP contribution in [-0.4, -0.2) is 35.1 Å². The van der Waals surface area contributed by atoms with Gasteiger partial charge in [-0.1, -0.05) is 107 Å². The Bertz CT molecular complexity index is 1510. The fourth-order valence-corrected chi connectivity index (χ4v) is 6.25. The summed E-state index contributed by atoms with van der Waals surface area (Å²) in [6, 6.07) is 24.7. The number of rotatable bonds is 17. The largest absolute Gasteiger partial charge is 0.457 e. The second kappa shape index (κ2) is 17.5. The Balaban J connectivity index is 1.41. The van der Waals surface area contributed by atoms with Crippen molar-refractivity contribution in [2.75, 3.05) is 0 Å². The molecule has 3 atom stereocenters. The zero-order valence-corrected chi connectivity index (χ0v) is 27.8. The molecular weight excluding hydrogens is 590 g/mol. The van der Waals surface area contributed by atoms with Crippen LogP contribution in [0.25, 0.3) is 0 Å². The van der Waals surface area contributed by atoms with E-state index < -0.39 is 29.6 Å². The van der Waals surface area contributed by atoms with E-state index in [4.69, 9.17) is 4.74 Å². The predicted octanol–water partition coefficient (Wildman–Crippen LogP) is 7.76. The number of carbonyl (C=O) groups is 5. The lowest BCUT2D eigenvalue weighted by molar-refractivity contribution is -0.142. The molecule has 1 amide bonds. The van der Waals surface area contributed by atoms with Gasteiger partial charge in [0.15, 0.2) is 17.3 Å². The molecule has 0 aromatic heterocycles. The summed E-state index contributed by atoms with van der Waals surface area (Å²) >= 11 is 0. The molecule has 1 aliphatic rings. The van der Waals surface area contributed by atoms with E-state index in [-0.39, 0.29) is 48.4 Å². The number of hydrogen-bond donors (Lipinski definition) is 1. The van der Waals surface area contributed by atoms with Gasteiger partial charge in [-0.15, -0.1) is 0 Å². The molecule has 1 N–H and O–H groups in total. The Kier molecular flexibility index (Phi) is 13.2. The van der Waals surface area contributed by atoms with Crippen LogP contribution in [0.5, 0.6) is 11.5 Å². The third kappa shape index (κ3) is 10.8. The average Bonchev–Trinajstić information content (AvgIpc) is 3.07. The Hall–Kier alpha value is -4.39. The van der Waals surface area contributed by atoms with Crippen LogP contribution >= 0.6 is 0 Å². The summed E-state index contributed by atoms with van der Waals surface area (Å²) in [6.45, 7) is 5.28. The molecule has 1 fully saturated rings. The topological polar surface area (TPSA) is 107 Å². The minimum atomic E-state index is -0.888. The highest BCUT2D eigenvalue weighted by Gasteiger charge is 2.33. The molecule has 0 aliphatic heterocycles. The Morgan fingerprint density at radius 3 is 2.06 bits per heavy atom. The number of Topliss-reactive ketones (excluding diaryl/α,β-unsaturated/α-hetero) is 4. The Morgan fingerprint density at radius 1 is 0.766 bits per heavy atom. The molecule has 7 heteroatoms. The minimum Gasteiger partial charge on any atom is -0.457 e. The number of ether oxygens (including phenoxy) is 1. The van der Waals surface area contributed by atoms with E-state index in [2.05, 4.69) is 5.32 Å². The van der Waals surface area contributed by atoms with Gasteiger partial charge in [0.05, 0.1) is 6.04 Å². The van der Waals surface area contributed by atoms with Crippen LogP contribution < -0.4 is 10.1 Å². The van der Waals surface area contributed by atoms with Gasteiger partial charge >= 0.3 is 0 Å². The molecule has 0 unspecified atom stereocenters. The van der Waals surface area contributed by atoms with Crippen molar-refractivity contribution in [1.82, 2.24) is 5.32 Å². The number of carbonyl (C=O) groups excluding carboxylic acids is 5. The van der Waals surface area contributed by atoms with E-state index >= 15 is 0 Å². The summed E-state index contributed by atoms with van der Waals surface area (Å²) in [5.74, 6) is -2.09. The number of ketones is 4. The van der Waals surface area contributed by atoms with Gasteiger partial charge in [0.25, 0.3) is 0 Å². The lowest BCUT2D eigenvalue weighted by atomic mass is 9.80. The lowest BCUT2D eigenvalue weighted by Crippen LogP contribution is -2.44. The molecule has 1 saturated carbocycles. The van der Waals surface area contributed by atoms with Gasteiger partial charge in [0, 0.05) is 36.7 Å². The highest BCUT2D eigenvalue weighted by atomic mass is 16.5. The summed E-state index contributed by atoms with van der Waals surface area (Å²) < 4.78 is 5.90. The second-order valence-electron chi connectivity index (χ2n) is 13.2. The molecule has 248 valence electrons. The van der Waals surface area contributed by atoms with Crippen molar-refractivity contribution in [3.63, 3.8) is 0 Å². The molecule has 0 bridgehead atoms. The van der Waals surface area contributed by atoms with Crippen molar-refractivity contribution in [2.45, 2.75) is 84.6 Å². The molecule has 3 aromatic carbocycles. The SMILES string of the molecule is CC(C)[C@H](CC(=O)[C@H](C)NC(=O)[C@H](CC(=O)c1cccc(Oc2ccccc2)c1)Cc1ccccc1)C(=O)C(=O)CC1CCCCC1. The fraction of sp³-hybridized carbons (Fsp3) is 0.425. The van der Waals surface area contributed by atoms with Crippen molar-refractivity contribution in [2.24, 2.45) is 23.7 Å². The number of nitrogens with one attached hydrogen (secondary N) is 1. The first-order valence-corrected chi connectivity index (χ1v) is 16.9. The number of benzene rings is 3. The van der Waals surface area contributed by atoms with Gasteiger partial charge in [-0.05, 0) is 55.0 Å². The first kappa shape index (κ1) is 35.5. The molecule has 47 heavy (non-hydrogen) atoms. The molecule has 3 aromatic rings. The van der Waals surface area contributed by atoms with E-state index in [1.54, 1.807) is 31.2 Å². The molecule has 7 nitrogen and oxygen atoms in total. The monoisotopic (exact) mass is 637 g/mol. The van der Waals surface area contributed by atoms with Gasteiger partial charge in [0.1, 0.15) is 11.5 Å². The van der Waals surface area contributed by atoms with Crippen LogP contribution in [0.15, 0.2) is 84.9 Å². The molecule has 1 aliphatic carbocycles. The van der Waals surface area contributed by atoms with E-state index in [9.17, 15) is 24.0 Å². The predicted molar refractivity (Wildman–Crippen MR) is 182 cm³/mol. The van der Waals surface area contributed by atoms with Crippen molar-refractivity contribution in [1.29, 1.82) is 0 Å². The molecule has 0 saturated heterocycles. The van der Waals surface area contributed by atoms with Crippen LogP contribution in [0.2, 0.25) is 0 Å². The van der Waals surface area contributed by atoms with Gasteiger partial charge in [0.2, 0.25) is 11.7 Å². The smallest absolute Gasteiger partial charge is 0.224 e. The molecule has 4 rings (SSSR count). The van der Waals surface area contributed by atoms with Crippen molar-refractivity contribution in [3.05, 3.63) is 96.1 Å². The van der Waals surface area contributed by atoms with Gasteiger partial charge in [-0.25, -0.2) is 0 Å². The normalized spacial score (nSPS) is 15.3. The average molecular weight is 638 g/mol. The van der Waals surface area contributed by atoms with Crippen molar-refractivity contribution in [3.8, 4) is 11.5 Å². The fourth-order valence-electron chi connectivity index (χ4n) is 6.25. The summed E-state index contributed by atoms with van der Waals surface area (Å²) in [6.07, 6.45) is 5.64. The van der Waals surface area contributed by atoms with E-state index in [0.717, 1.165) is 31.2 Å². The summed E-state index contributed by atoms with van der Waals surface area (Å²) in [4.78, 5) is 66.6. The van der Waals surface area contributed by atoms with Crippen LogP contribution in [0.4, 0.5) is 0 Å². The molecule has 0 radical (unpaired) electrons. The van der Waals surface area contributed by atoms with E-state index in [0.29, 0.717) is 23.5 Å². The first-order chi connectivity index (χ1) is 22.6. The third-order valence-electron chi connectivity index (χ3n) is 9.14. The van der Waals surface area contributed by atoms with Crippen molar-refractivity contribution < 1.29 is 28.7 Å². The number of hydrogen-bond acceptors (Lipinski definition) is 6. The van der Waals surface area contributed by atoms with Gasteiger partial charge in [-0.2, -0.15) is 0 Å². The Labute approximate surface area is 278 Å². The quantitative estimate of drug-likeness (QED) is 0.120. The van der Waals surface area contributed by atoms with E-state index in [1.165, 1.54) is 6.42 Å². The maximum atomic E-state index is 13.7. The maximum Gasteiger partial charge on any atom is 0.224 e. The highest BCUT2D eigenvalue weighted by molar-refractivity contribution is 6.38. The van der Waals surface area contributed by atoms with Crippen LogP contribution in [0.1, 0.15) is 88.1 Å². The first-order valence-electron chi connectivity index (χ1n) is 16.9. The summed E-state index contributed by atoms with van der Waals surface area (Å²) in [7, 11) is 0. The van der Waals surface area contributed by atoms with Crippen LogP contribution in [0, 0.1) is 23.7 Å². The van der Waals surface area contributed by atoms with Crippen molar-refractivity contribution >= 4 is 29.0 Å². The van der Waals surface area contributed by atoms with Crippen LogP contribution in [-0.2, 0) is 25.6 Å². The lowest BCUT2D eigenvalue weighted by Gasteiger charge is -2.24. The van der Waals surface area contributed by atoms with Gasteiger partial charge in [-0.3, -0.25) is 24.0 Å². The second-order valence-corrected chi connectivity index (χ2v) is 13.2. The third-order valence-corrected chi connectivity index (χ3v) is 9.14. The standard InChI is InChI=1S/C40H47NO6/c1-27(2)35(39(45)38(44)23-30-16-9-5-10-17-30)26-36(42)28(3)41-40(46)32(22-29-14-7-4-8-15-29)25-37(43)31-18-13-21-34(24-31)47-33-19-11-6-12-20-33/h4,6-8,11-15,18-21,24,27-28,30,32,35H,5,9-10,16-17,22-23,25-26H2,1-3H3,(H,41,46)/t28-,32-,35-/m0/s1. The molecular formula is C40H47NO6. The highest BCUT2D eigenvalue weighted by Crippen LogP contribution is 2.28. The van der Waals surface area contributed by atoms with E-state index in [1.807, 2.05) is 74.5 Å². The minimum absolute atomic E-state index is 0.0702. The maximum absolute atomic E-state index is 13.7. The Morgan fingerprint density at radius 2 is 1.40 bits per heavy atom. The zero-order valence-electron chi connectivity index (χ0n) is 27.8. The molecule has 0 heterocycles. The zero-order chi connectivity index (χ0) is 33.8. The summed E-state index contributed by atoms with van der Waals surface area (Å²) in [5, 5.41) is 2.82.